The molecule has 1 fully saturated rings. The van der Waals surface area contributed by atoms with Crippen LogP contribution in [0.15, 0.2) is 48.5 Å². The molecule has 0 bridgehead atoms. The Morgan fingerprint density at radius 2 is 1.89 bits per heavy atom. The van der Waals surface area contributed by atoms with Crippen molar-refractivity contribution in [2.75, 3.05) is 6.54 Å². The third kappa shape index (κ3) is 5.13. The summed E-state index contributed by atoms with van der Waals surface area (Å²) in [5.74, 6) is -1.96. The minimum Gasteiger partial charge on any atom is -0.344 e. The Hall–Kier alpha value is -3.11. The lowest BCUT2D eigenvalue weighted by molar-refractivity contribution is 0.0934. The summed E-state index contributed by atoms with van der Waals surface area (Å²) in [4.78, 5) is 12.3. The van der Waals surface area contributed by atoms with Gasteiger partial charge in [-0.3, -0.25) is 9.89 Å². The van der Waals surface area contributed by atoms with Crippen molar-refractivity contribution in [2.45, 2.75) is 49.8 Å². The number of carbonyl (C=O) groups is 1. The molecule has 35 heavy (non-hydrogen) atoms. The normalized spacial score (nSPS) is 22.5. The van der Waals surface area contributed by atoms with Crippen LogP contribution in [0.1, 0.15) is 58.0 Å². The van der Waals surface area contributed by atoms with Gasteiger partial charge in [0.05, 0.1) is 16.5 Å². The fourth-order valence-electron chi connectivity index (χ4n) is 4.50. The largest absolute Gasteiger partial charge is 0.344 e. The van der Waals surface area contributed by atoms with E-state index in [4.69, 9.17) is 0 Å². The van der Waals surface area contributed by atoms with Crippen molar-refractivity contribution < 1.29 is 22.0 Å². The first-order valence-electron chi connectivity index (χ1n) is 11.4. The van der Waals surface area contributed by atoms with Crippen LogP contribution in [0.5, 0.6) is 0 Å². The van der Waals surface area contributed by atoms with Crippen LogP contribution in [0.25, 0.3) is 0 Å². The van der Waals surface area contributed by atoms with Crippen LogP contribution in [0, 0.1) is 18.6 Å². The minimum absolute atomic E-state index is 0.0244. The number of amides is 1. The lowest BCUT2D eigenvalue weighted by atomic mass is 9.99. The number of nitrogens with zero attached hydrogens (tertiary/aromatic N) is 1. The van der Waals surface area contributed by atoms with E-state index in [1.165, 1.54) is 6.92 Å². The molecule has 3 aromatic rings. The first-order valence-corrected chi connectivity index (χ1v) is 13.0. The van der Waals surface area contributed by atoms with Crippen LogP contribution in [0.2, 0.25) is 0 Å². The summed E-state index contributed by atoms with van der Waals surface area (Å²) < 4.78 is 57.0. The molecule has 2 aromatic carbocycles. The third-order valence-electron chi connectivity index (χ3n) is 6.51. The number of carbonyl (C=O) groups excluding carboxylic acids is 1. The van der Waals surface area contributed by atoms with E-state index in [0.29, 0.717) is 11.3 Å². The van der Waals surface area contributed by atoms with Crippen LogP contribution in [-0.4, -0.2) is 42.4 Å². The first-order chi connectivity index (χ1) is 16.6. The highest BCUT2D eigenvalue weighted by molar-refractivity contribution is 7.92. The fourth-order valence-corrected chi connectivity index (χ4v) is 6.86. The molecule has 4 atom stereocenters. The molecule has 0 aliphatic carbocycles. The topological polar surface area (TPSA) is 104 Å². The molecule has 1 aliphatic heterocycles. The highest BCUT2D eigenvalue weighted by Crippen LogP contribution is 2.33. The van der Waals surface area contributed by atoms with Gasteiger partial charge in [0.1, 0.15) is 17.3 Å². The molecular formula is C25H28F2N4O3S. The second kappa shape index (κ2) is 9.87. The number of sulfone groups is 1. The highest BCUT2D eigenvalue weighted by Gasteiger charge is 2.42. The maximum Gasteiger partial charge on any atom is 0.272 e. The second-order valence-corrected chi connectivity index (χ2v) is 11.4. The van der Waals surface area contributed by atoms with Gasteiger partial charge >= 0.3 is 0 Å². The average molecular weight is 503 g/mol. The molecule has 4 rings (SSSR count). The van der Waals surface area contributed by atoms with Crippen molar-refractivity contribution in [1.82, 2.24) is 20.8 Å². The second-order valence-electron chi connectivity index (χ2n) is 9.02. The molecule has 186 valence electrons. The van der Waals surface area contributed by atoms with E-state index in [0.717, 1.165) is 12.1 Å². The molecule has 1 amide bonds. The summed E-state index contributed by atoms with van der Waals surface area (Å²) in [6.07, 6.45) is -0.170. The number of aromatic nitrogens is 2. The standard InChI is InChI=1S/C25H28F2N4O3S/c1-14-9-22(31-30-14)25(32)29-15(2)19-12-20(26)18(10-21(19)27)11-23-16(3)28-13-24(35(23,33)34)17-7-5-4-6-8-17/h4-10,12,15-16,23-24,28H,11,13H2,1-3H3,(H,29,32)(H,30,31)/t15?,16-,23?,24-/m0/s1. The van der Waals surface area contributed by atoms with E-state index < -0.39 is 50.0 Å². The number of nitrogens with one attached hydrogen (secondary N) is 3. The van der Waals surface area contributed by atoms with Gasteiger partial charge < -0.3 is 10.6 Å². The van der Waals surface area contributed by atoms with E-state index in [-0.39, 0.29) is 29.8 Å². The number of hydrogen-bond donors (Lipinski definition) is 3. The maximum absolute atomic E-state index is 15.1. The van der Waals surface area contributed by atoms with Crippen LogP contribution < -0.4 is 10.6 Å². The number of H-pyrrole nitrogens is 1. The van der Waals surface area contributed by atoms with Gasteiger partial charge in [-0.1, -0.05) is 30.3 Å². The summed E-state index contributed by atoms with van der Waals surface area (Å²) in [6, 6.07) is 11.2. The van der Waals surface area contributed by atoms with Crippen molar-refractivity contribution in [1.29, 1.82) is 0 Å². The fraction of sp³-hybridized carbons (Fsp3) is 0.360. The lowest BCUT2D eigenvalue weighted by Crippen LogP contribution is -2.53. The van der Waals surface area contributed by atoms with E-state index in [1.54, 1.807) is 44.2 Å². The van der Waals surface area contributed by atoms with Crippen molar-refractivity contribution in [3.05, 3.63) is 88.2 Å². The molecule has 2 heterocycles. The van der Waals surface area contributed by atoms with Gasteiger partial charge in [-0.2, -0.15) is 5.10 Å². The van der Waals surface area contributed by atoms with Gasteiger partial charge in [0.2, 0.25) is 0 Å². The van der Waals surface area contributed by atoms with Crippen molar-refractivity contribution in [2.24, 2.45) is 0 Å². The third-order valence-corrected chi connectivity index (χ3v) is 9.16. The van der Waals surface area contributed by atoms with Gasteiger partial charge in [-0.15, -0.1) is 0 Å². The van der Waals surface area contributed by atoms with Crippen molar-refractivity contribution >= 4 is 15.7 Å². The molecule has 0 spiro atoms. The average Bonchev–Trinajstić information content (AvgIpc) is 3.25. The zero-order valence-electron chi connectivity index (χ0n) is 19.7. The van der Waals surface area contributed by atoms with E-state index >= 15 is 8.78 Å². The SMILES string of the molecule is Cc1cc(C(=O)NC(C)c2cc(F)c(CC3[C@H](C)NC[C@@H](c4ccccc4)S3(=O)=O)cc2F)n[nH]1. The number of aryl methyl sites for hydroxylation is 1. The smallest absolute Gasteiger partial charge is 0.272 e. The number of benzene rings is 2. The monoisotopic (exact) mass is 502 g/mol. The Morgan fingerprint density at radius 3 is 2.54 bits per heavy atom. The quantitative estimate of drug-likeness (QED) is 0.478. The zero-order valence-corrected chi connectivity index (χ0v) is 20.5. The minimum atomic E-state index is -3.68. The lowest BCUT2D eigenvalue weighted by Gasteiger charge is -2.35. The Kier molecular flexibility index (Phi) is 7.05. The van der Waals surface area contributed by atoms with E-state index in [9.17, 15) is 13.2 Å². The highest BCUT2D eigenvalue weighted by atomic mass is 32.2. The molecule has 1 aromatic heterocycles. The summed E-state index contributed by atoms with van der Waals surface area (Å²) in [5.41, 5.74) is 1.44. The number of aromatic amines is 1. The van der Waals surface area contributed by atoms with Gasteiger partial charge in [0.25, 0.3) is 5.91 Å². The molecule has 2 unspecified atom stereocenters. The predicted molar refractivity (Wildman–Crippen MR) is 129 cm³/mol. The Labute approximate surface area is 203 Å². The molecular weight excluding hydrogens is 474 g/mol. The summed E-state index contributed by atoms with van der Waals surface area (Å²) in [7, 11) is -3.68. The molecule has 10 heteroatoms. The van der Waals surface area contributed by atoms with Crippen LogP contribution in [-0.2, 0) is 16.3 Å². The Bertz CT molecular complexity index is 1330. The van der Waals surface area contributed by atoms with Gasteiger partial charge in [-0.25, -0.2) is 17.2 Å². The van der Waals surface area contributed by atoms with Gasteiger partial charge in [0.15, 0.2) is 9.84 Å². The molecule has 0 saturated carbocycles. The van der Waals surface area contributed by atoms with Gasteiger partial charge in [0, 0.05) is 23.8 Å². The van der Waals surface area contributed by atoms with Gasteiger partial charge in [-0.05, 0) is 56.5 Å². The molecule has 3 N–H and O–H groups in total. The Balaban J connectivity index is 1.55. The summed E-state index contributed by atoms with van der Waals surface area (Å²) >= 11 is 0. The van der Waals surface area contributed by atoms with Crippen LogP contribution >= 0.6 is 0 Å². The predicted octanol–water partition coefficient (Wildman–Crippen LogP) is 3.55. The summed E-state index contributed by atoms with van der Waals surface area (Å²) in [5, 5.41) is 10.6. The number of halogens is 2. The van der Waals surface area contributed by atoms with E-state index in [2.05, 4.69) is 20.8 Å². The molecule has 7 nitrogen and oxygen atoms in total. The van der Waals surface area contributed by atoms with Crippen LogP contribution in [0.3, 0.4) is 0 Å². The van der Waals surface area contributed by atoms with Crippen molar-refractivity contribution in [3.8, 4) is 0 Å². The first kappa shape index (κ1) is 25.0. The summed E-state index contributed by atoms with van der Waals surface area (Å²) in [6.45, 7) is 5.27. The number of hydrogen-bond acceptors (Lipinski definition) is 5. The van der Waals surface area contributed by atoms with Crippen molar-refractivity contribution in [3.63, 3.8) is 0 Å². The van der Waals surface area contributed by atoms with Crippen LogP contribution in [0.4, 0.5) is 8.78 Å². The van der Waals surface area contributed by atoms with E-state index in [1.807, 2.05) is 6.07 Å². The molecule has 1 aliphatic rings. The maximum atomic E-state index is 15.1. The number of rotatable bonds is 6. The molecule has 1 saturated heterocycles. The zero-order chi connectivity index (χ0) is 25.3. The Morgan fingerprint density at radius 1 is 1.17 bits per heavy atom. The molecule has 0 radical (unpaired) electrons.